The molecule has 1 aromatic carbocycles. The Hall–Kier alpha value is -1.82. The van der Waals surface area contributed by atoms with Crippen LogP contribution in [0.5, 0.6) is 11.5 Å². The summed E-state index contributed by atoms with van der Waals surface area (Å²) in [5.74, 6) is -0.243. The van der Waals surface area contributed by atoms with E-state index in [1.54, 1.807) is 0 Å². The third kappa shape index (κ3) is 2.24. The van der Waals surface area contributed by atoms with E-state index < -0.39 is 18.7 Å². The van der Waals surface area contributed by atoms with Gasteiger partial charge < -0.3 is 19.3 Å². The molecule has 98 valence electrons. The Morgan fingerprint density at radius 1 is 1.50 bits per heavy atom. The predicted molar refractivity (Wildman–Crippen MR) is 59.2 cm³/mol. The van der Waals surface area contributed by atoms with Gasteiger partial charge in [0.2, 0.25) is 0 Å². The zero-order valence-corrected chi connectivity index (χ0v) is 9.81. The number of fused-ring (bicyclic) bond motifs is 1. The van der Waals surface area contributed by atoms with Crippen molar-refractivity contribution in [2.24, 2.45) is 0 Å². The lowest BCUT2D eigenvalue weighted by Gasteiger charge is -2.23. The van der Waals surface area contributed by atoms with Gasteiger partial charge in [0, 0.05) is 5.56 Å². The molecule has 18 heavy (non-hydrogen) atoms. The molecule has 2 rings (SSSR count). The van der Waals surface area contributed by atoms with Crippen LogP contribution in [0, 0.1) is 0 Å². The first-order valence-electron chi connectivity index (χ1n) is 5.41. The van der Waals surface area contributed by atoms with Crippen molar-refractivity contribution >= 4 is 5.97 Å². The second kappa shape index (κ2) is 5.22. The Morgan fingerprint density at radius 2 is 2.22 bits per heavy atom. The Balaban J connectivity index is 2.47. The minimum Gasteiger partial charge on any atom is -0.486 e. The second-order valence-electron chi connectivity index (χ2n) is 3.77. The maximum Gasteiger partial charge on any atom is 0.339 e. The zero-order chi connectivity index (χ0) is 13.1. The van der Waals surface area contributed by atoms with Crippen molar-refractivity contribution in [1.29, 1.82) is 0 Å². The number of carbonyl (C=O) groups excluding carboxylic acids is 1. The number of carbonyl (C=O) groups is 1. The molecule has 0 spiro atoms. The summed E-state index contributed by atoms with van der Waals surface area (Å²) < 4.78 is 27.8. The van der Waals surface area contributed by atoms with E-state index in [0.717, 1.165) is 7.11 Å². The number of methoxy groups -OCH3 is 1. The summed E-state index contributed by atoms with van der Waals surface area (Å²) in [5.41, 5.74) is 0.462. The van der Waals surface area contributed by atoms with Crippen LogP contribution in [0.1, 0.15) is 17.2 Å². The van der Waals surface area contributed by atoms with E-state index >= 15 is 0 Å². The molecule has 1 aromatic rings. The third-order valence-corrected chi connectivity index (χ3v) is 2.60. The summed E-state index contributed by atoms with van der Waals surface area (Å²) in [4.78, 5) is 11.3. The van der Waals surface area contributed by atoms with Gasteiger partial charge in [0.05, 0.1) is 7.11 Å². The molecule has 1 aliphatic rings. The molecule has 1 aliphatic heterocycles. The van der Waals surface area contributed by atoms with Crippen LogP contribution < -0.4 is 9.47 Å². The zero-order valence-electron chi connectivity index (χ0n) is 9.81. The number of esters is 1. The number of aliphatic hydroxyl groups excluding tert-OH is 1. The molecular weight excluding hydrogens is 243 g/mol. The fourth-order valence-corrected chi connectivity index (χ4v) is 1.76. The lowest BCUT2D eigenvalue weighted by molar-refractivity contribution is -0.150. The van der Waals surface area contributed by atoms with Gasteiger partial charge in [-0.15, -0.1) is 0 Å². The maximum atomic E-state index is 12.7. The highest BCUT2D eigenvalue weighted by molar-refractivity contribution is 5.78. The minimum atomic E-state index is -1.52. The van der Waals surface area contributed by atoms with E-state index in [2.05, 4.69) is 4.74 Å². The molecule has 0 fully saturated rings. The van der Waals surface area contributed by atoms with Gasteiger partial charge in [0.25, 0.3) is 0 Å². The van der Waals surface area contributed by atoms with Crippen LogP contribution in [0.25, 0.3) is 0 Å². The average Bonchev–Trinajstić information content (AvgIpc) is 2.44. The highest BCUT2D eigenvalue weighted by Gasteiger charge is 2.27. The van der Waals surface area contributed by atoms with Crippen molar-refractivity contribution < 1.29 is 28.5 Å². The molecule has 0 aromatic heterocycles. The van der Waals surface area contributed by atoms with E-state index in [-0.39, 0.29) is 11.3 Å². The van der Waals surface area contributed by atoms with Gasteiger partial charge in [0.15, 0.2) is 17.6 Å². The molecule has 5 nitrogen and oxygen atoms in total. The molecule has 1 atom stereocenters. The molecule has 0 amide bonds. The van der Waals surface area contributed by atoms with Crippen molar-refractivity contribution in [3.05, 3.63) is 23.3 Å². The quantitative estimate of drug-likeness (QED) is 0.821. The molecule has 0 aliphatic carbocycles. The Morgan fingerprint density at radius 3 is 2.89 bits per heavy atom. The third-order valence-electron chi connectivity index (χ3n) is 2.60. The summed E-state index contributed by atoms with van der Waals surface area (Å²) in [7, 11) is 1.16. The van der Waals surface area contributed by atoms with Gasteiger partial charge in [-0.1, -0.05) is 0 Å². The maximum absolute atomic E-state index is 12.7. The van der Waals surface area contributed by atoms with Gasteiger partial charge in [-0.25, -0.2) is 9.18 Å². The summed E-state index contributed by atoms with van der Waals surface area (Å²) in [6, 6.07) is 2.86. The Kier molecular flexibility index (Phi) is 3.66. The number of alkyl halides is 1. The molecule has 0 saturated heterocycles. The standard InChI is InChI=1S/C12H13FO5/c1-16-12(15)10(14)8-4-7(6-13)5-9-11(8)18-3-2-17-9/h4-5,10,14H,2-3,6H2,1H3. The molecule has 0 saturated carbocycles. The monoisotopic (exact) mass is 256 g/mol. The van der Waals surface area contributed by atoms with Gasteiger partial charge in [0.1, 0.15) is 19.9 Å². The van der Waals surface area contributed by atoms with E-state index in [1.807, 2.05) is 0 Å². The van der Waals surface area contributed by atoms with Crippen molar-refractivity contribution in [2.75, 3.05) is 20.3 Å². The van der Waals surface area contributed by atoms with Gasteiger partial charge in [-0.05, 0) is 17.7 Å². The summed E-state index contributed by atoms with van der Waals surface area (Å²) >= 11 is 0. The van der Waals surface area contributed by atoms with E-state index in [1.165, 1.54) is 12.1 Å². The van der Waals surface area contributed by atoms with Gasteiger partial charge >= 0.3 is 5.97 Å². The van der Waals surface area contributed by atoms with Crippen LogP contribution >= 0.6 is 0 Å². The second-order valence-corrected chi connectivity index (χ2v) is 3.77. The lowest BCUT2D eigenvalue weighted by Crippen LogP contribution is -2.20. The molecule has 1 heterocycles. The fourth-order valence-electron chi connectivity index (χ4n) is 1.76. The number of rotatable bonds is 3. The highest BCUT2D eigenvalue weighted by Crippen LogP contribution is 2.38. The number of hydrogen-bond acceptors (Lipinski definition) is 5. The number of ether oxygens (including phenoxy) is 3. The SMILES string of the molecule is COC(=O)C(O)c1cc(CF)cc2c1OCCO2. The van der Waals surface area contributed by atoms with Crippen LogP contribution in [0.15, 0.2) is 12.1 Å². The fraction of sp³-hybridized carbons (Fsp3) is 0.417. The lowest BCUT2D eigenvalue weighted by atomic mass is 10.0. The van der Waals surface area contributed by atoms with E-state index in [4.69, 9.17) is 9.47 Å². The highest BCUT2D eigenvalue weighted by atomic mass is 19.1. The van der Waals surface area contributed by atoms with Crippen LogP contribution in [0.2, 0.25) is 0 Å². The molecule has 6 heteroatoms. The summed E-state index contributed by atoms with van der Waals surface area (Å²) in [6.45, 7) is -0.0725. The van der Waals surface area contributed by atoms with E-state index in [9.17, 15) is 14.3 Å². The molecule has 0 bridgehead atoms. The number of benzene rings is 1. The van der Waals surface area contributed by atoms with Crippen LogP contribution in [0.3, 0.4) is 0 Å². The Labute approximate surface area is 103 Å². The molecule has 1 N–H and O–H groups in total. The first-order valence-corrected chi connectivity index (χ1v) is 5.41. The number of aliphatic hydroxyl groups is 1. The first-order chi connectivity index (χ1) is 8.67. The largest absolute Gasteiger partial charge is 0.486 e. The van der Waals surface area contributed by atoms with Crippen LogP contribution in [-0.4, -0.2) is 31.4 Å². The van der Waals surface area contributed by atoms with Crippen molar-refractivity contribution in [1.82, 2.24) is 0 Å². The topological polar surface area (TPSA) is 65.0 Å². The molecular formula is C12H13FO5. The minimum absolute atomic E-state index is 0.159. The summed E-state index contributed by atoms with van der Waals surface area (Å²) in [5, 5.41) is 9.83. The van der Waals surface area contributed by atoms with Crippen molar-refractivity contribution in [3.8, 4) is 11.5 Å². The van der Waals surface area contributed by atoms with Crippen molar-refractivity contribution in [3.63, 3.8) is 0 Å². The number of halogens is 1. The number of hydrogen-bond donors (Lipinski definition) is 1. The van der Waals surface area contributed by atoms with Gasteiger partial charge in [-0.3, -0.25) is 0 Å². The van der Waals surface area contributed by atoms with Crippen molar-refractivity contribution in [2.45, 2.75) is 12.8 Å². The first kappa shape index (κ1) is 12.6. The smallest absolute Gasteiger partial charge is 0.339 e. The van der Waals surface area contributed by atoms with E-state index in [0.29, 0.717) is 24.5 Å². The summed E-state index contributed by atoms with van der Waals surface area (Å²) in [6.07, 6.45) is -1.52. The molecule has 1 unspecified atom stereocenters. The van der Waals surface area contributed by atoms with Crippen LogP contribution in [0.4, 0.5) is 4.39 Å². The predicted octanol–water partition coefficient (Wildman–Crippen LogP) is 1.13. The Bertz CT molecular complexity index is 460. The normalized spacial score (nSPS) is 15.1. The average molecular weight is 256 g/mol. The van der Waals surface area contributed by atoms with Crippen LogP contribution in [-0.2, 0) is 16.2 Å². The molecule has 0 radical (unpaired) electrons. The van der Waals surface area contributed by atoms with Gasteiger partial charge in [-0.2, -0.15) is 0 Å².